The summed E-state index contributed by atoms with van der Waals surface area (Å²) < 4.78 is 5.45. The fourth-order valence-corrected chi connectivity index (χ4v) is 3.45. The third kappa shape index (κ3) is 6.95. The molecule has 2 rings (SSSR count). The lowest BCUT2D eigenvalue weighted by molar-refractivity contribution is -0.142. The summed E-state index contributed by atoms with van der Waals surface area (Å²) in [6.45, 7) is 7.81. The van der Waals surface area contributed by atoms with Crippen molar-refractivity contribution < 1.29 is 9.53 Å². The Kier molecular flexibility index (Phi) is 8.98. The van der Waals surface area contributed by atoms with Gasteiger partial charge in [0.05, 0.1) is 6.07 Å². The van der Waals surface area contributed by atoms with Crippen LogP contribution in [0.4, 0.5) is 0 Å². The minimum absolute atomic E-state index is 0.223. The van der Waals surface area contributed by atoms with E-state index in [0.29, 0.717) is 18.0 Å². The third-order valence-corrected chi connectivity index (χ3v) is 5.11. The summed E-state index contributed by atoms with van der Waals surface area (Å²) in [6, 6.07) is 9.19. The third-order valence-electron chi connectivity index (χ3n) is 5.11. The Hall–Kier alpha value is -2.74. The second-order valence-corrected chi connectivity index (χ2v) is 8.53. The number of unbranched alkanes of at least 4 members (excludes halogenated alkanes) is 4. The van der Waals surface area contributed by atoms with Crippen molar-refractivity contribution in [1.29, 1.82) is 5.26 Å². The van der Waals surface area contributed by atoms with E-state index in [4.69, 9.17) is 4.74 Å². The summed E-state index contributed by atoms with van der Waals surface area (Å²) in [5.41, 5.74) is 0.860. The van der Waals surface area contributed by atoms with E-state index < -0.39 is 11.4 Å². The maximum Gasteiger partial charge on any atom is 0.331 e. The standard InChI is InChI=1S/C25H33N3O2/c1-5-6-7-8-9-10-20-16-27-23(28-17-20)21-11-13-22(14-12-21)30-24(29)25(4,18-26)15-19(2)3/h11-14,16-17,19H,5-10,15H2,1-4H3. The number of aryl methyl sites for hydroxylation is 1. The molecule has 2 aromatic rings. The van der Waals surface area contributed by atoms with Crippen LogP contribution in [0.1, 0.15) is 71.8 Å². The Morgan fingerprint density at radius 2 is 1.73 bits per heavy atom. The van der Waals surface area contributed by atoms with Crippen LogP contribution in [0.5, 0.6) is 5.75 Å². The molecule has 1 heterocycles. The topological polar surface area (TPSA) is 75.9 Å². The van der Waals surface area contributed by atoms with Crippen LogP contribution >= 0.6 is 0 Å². The van der Waals surface area contributed by atoms with Crippen LogP contribution < -0.4 is 4.74 Å². The van der Waals surface area contributed by atoms with E-state index in [9.17, 15) is 10.1 Å². The van der Waals surface area contributed by atoms with Crippen molar-refractivity contribution >= 4 is 5.97 Å². The molecule has 0 radical (unpaired) electrons. The van der Waals surface area contributed by atoms with Gasteiger partial charge in [-0.25, -0.2) is 14.8 Å². The van der Waals surface area contributed by atoms with Gasteiger partial charge in [0.15, 0.2) is 11.2 Å². The van der Waals surface area contributed by atoms with E-state index in [1.807, 2.05) is 38.4 Å². The zero-order valence-corrected chi connectivity index (χ0v) is 18.6. The first-order valence-corrected chi connectivity index (χ1v) is 10.9. The van der Waals surface area contributed by atoms with Crippen LogP contribution in [0.15, 0.2) is 36.7 Å². The van der Waals surface area contributed by atoms with Crippen LogP contribution in [0, 0.1) is 22.7 Å². The summed E-state index contributed by atoms with van der Waals surface area (Å²) >= 11 is 0. The van der Waals surface area contributed by atoms with E-state index in [1.54, 1.807) is 19.1 Å². The molecule has 0 fully saturated rings. The Balaban J connectivity index is 1.95. The average molecular weight is 408 g/mol. The number of nitrogens with zero attached hydrogens (tertiary/aromatic N) is 3. The highest BCUT2D eigenvalue weighted by atomic mass is 16.5. The average Bonchev–Trinajstić information content (AvgIpc) is 2.74. The second kappa shape index (κ2) is 11.4. The van der Waals surface area contributed by atoms with Gasteiger partial charge in [-0.3, -0.25) is 0 Å². The fourth-order valence-electron chi connectivity index (χ4n) is 3.45. The van der Waals surface area contributed by atoms with Crippen molar-refractivity contribution in [3.05, 3.63) is 42.2 Å². The zero-order chi connectivity index (χ0) is 22.0. The molecule has 160 valence electrons. The van der Waals surface area contributed by atoms with Crippen molar-refractivity contribution in [2.75, 3.05) is 0 Å². The van der Waals surface area contributed by atoms with Gasteiger partial charge in [0.1, 0.15) is 5.75 Å². The normalized spacial score (nSPS) is 12.9. The summed E-state index contributed by atoms with van der Waals surface area (Å²) in [6.07, 6.45) is 11.5. The highest BCUT2D eigenvalue weighted by Crippen LogP contribution is 2.28. The highest BCUT2D eigenvalue weighted by molar-refractivity contribution is 5.81. The predicted molar refractivity (Wildman–Crippen MR) is 119 cm³/mol. The van der Waals surface area contributed by atoms with Gasteiger partial charge < -0.3 is 4.74 Å². The summed E-state index contributed by atoms with van der Waals surface area (Å²) in [7, 11) is 0. The van der Waals surface area contributed by atoms with Gasteiger partial charge in [-0.05, 0) is 61.9 Å². The van der Waals surface area contributed by atoms with Crippen molar-refractivity contribution in [3.8, 4) is 23.2 Å². The molecule has 1 unspecified atom stereocenters. The molecule has 1 atom stereocenters. The molecular weight excluding hydrogens is 374 g/mol. The van der Waals surface area contributed by atoms with Crippen LogP contribution in [0.2, 0.25) is 0 Å². The molecule has 0 aliphatic heterocycles. The molecule has 0 N–H and O–H groups in total. The molecule has 0 bridgehead atoms. The maximum absolute atomic E-state index is 12.5. The molecule has 1 aromatic heterocycles. The molecule has 30 heavy (non-hydrogen) atoms. The first-order valence-electron chi connectivity index (χ1n) is 10.9. The number of aromatic nitrogens is 2. The van der Waals surface area contributed by atoms with Gasteiger partial charge >= 0.3 is 5.97 Å². The number of hydrogen-bond donors (Lipinski definition) is 0. The van der Waals surface area contributed by atoms with E-state index in [-0.39, 0.29) is 5.92 Å². The number of nitriles is 1. The molecule has 1 aromatic carbocycles. The van der Waals surface area contributed by atoms with E-state index in [1.165, 1.54) is 32.1 Å². The maximum atomic E-state index is 12.5. The number of esters is 1. The minimum Gasteiger partial charge on any atom is -0.425 e. The van der Waals surface area contributed by atoms with Gasteiger partial charge in [-0.2, -0.15) is 5.26 Å². The summed E-state index contributed by atoms with van der Waals surface area (Å²) in [5, 5.41) is 9.42. The molecule has 0 aliphatic rings. The first kappa shape index (κ1) is 23.5. The Morgan fingerprint density at radius 3 is 2.30 bits per heavy atom. The van der Waals surface area contributed by atoms with Crippen molar-refractivity contribution in [3.63, 3.8) is 0 Å². The monoisotopic (exact) mass is 407 g/mol. The quantitative estimate of drug-likeness (QED) is 0.254. The van der Waals surface area contributed by atoms with Crippen LogP contribution in [0.25, 0.3) is 11.4 Å². The second-order valence-electron chi connectivity index (χ2n) is 8.53. The lowest BCUT2D eigenvalue weighted by Gasteiger charge is -2.21. The number of carbonyl (C=O) groups is 1. The molecule has 0 saturated heterocycles. The minimum atomic E-state index is -1.15. The molecule has 5 heteroatoms. The van der Waals surface area contributed by atoms with Gasteiger partial charge in [0, 0.05) is 18.0 Å². The smallest absolute Gasteiger partial charge is 0.331 e. The van der Waals surface area contributed by atoms with E-state index >= 15 is 0 Å². The summed E-state index contributed by atoms with van der Waals surface area (Å²) in [5.74, 6) is 0.758. The van der Waals surface area contributed by atoms with Gasteiger partial charge in [-0.15, -0.1) is 0 Å². The van der Waals surface area contributed by atoms with Crippen LogP contribution in [-0.4, -0.2) is 15.9 Å². The molecule has 0 aliphatic carbocycles. The van der Waals surface area contributed by atoms with Crippen molar-refractivity contribution in [2.24, 2.45) is 11.3 Å². The Labute approximate surface area is 180 Å². The van der Waals surface area contributed by atoms with Gasteiger partial charge in [-0.1, -0.05) is 46.5 Å². The van der Waals surface area contributed by atoms with Gasteiger partial charge in [0.2, 0.25) is 0 Å². The fraction of sp³-hybridized carbons (Fsp3) is 0.520. The molecule has 5 nitrogen and oxygen atoms in total. The lowest BCUT2D eigenvalue weighted by Crippen LogP contribution is -2.32. The largest absolute Gasteiger partial charge is 0.425 e. The Morgan fingerprint density at radius 1 is 1.10 bits per heavy atom. The lowest BCUT2D eigenvalue weighted by atomic mass is 9.83. The molecule has 0 amide bonds. The van der Waals surface area contributed by atoms with Crippen molar-refractivity contribution in [1.82, 2.24) is 9.97 Å². The number of carbonyl (C=O) groups excluding carboxylic acids is 1. The zero-order valence-electron chi connectivity index (χ0n) is 18.6. The van der Waals surface area contributed by atoms with E-state index in [0.717, 1.165) is 17.5 Å². The van der Waals surface area contributed by atoms with Crippen molar-refractivity contribution in [2.45, 2.75) is 72.6 Å². The number of hydrogen-bond acceptors (Lipinski definition) is 5. The molecule has 0 spiro atoms. The summed E-state index contributed by atoms with van der Waals surface area (Å²) in [4.78, 5) is 21.4. The Bertz CT molecular complexity index is 838. The van der Waals surface area contributed by atoms with Crippen LogP contribution in [0.3, 0.4) is 0 Å². The van der Waals surface area contributed by atoms with Crippen LogP contribution in [-0.2, 0) is 11.2 Å². The van der Waals surface area contributed by atoms with E-state index in [2.05, 4.69) is 23.0 Å². The molecule has 0 saturated carbocycles. The SMILES string of the molecule is CCCCCCCc1cnc(-c2ccc(OC(=O)C(C)(C#N)CC(C)C)cc2)nc1. The number of rotatable bonds is 11. The highest BCUT2D eigenvalue weighted by Gasteiger charge is 2.36. The number of ether oxygens (including phenoxy) is 1. The predicted octanol–water partition coefficient (Wildman–Crippen LogP) is 6.14. The van der Waals surface area contributed by atoms with Gasteiger partial charge in [0.25, 0.3) is 0 Å². The first-order chi connectivity index (χ1) is 14.4. The molecular formula is C25H33N3O2. The number of benzene rings is 1.